The largest absolute Gasteiger partial charge is 0.444 e. The minimum absolute atomic E-state index is 0.276. The summed E-state index contributed by atoms with van der Waals surface area (Å²) in [5.41, 5.74) is -1.17. The topological polar surface area (TPSA) is 62.2 Å². The molecule has 0 aromatic rings. The van der Waals surface area contributed by atoms with Crippen molar-refractivity contribution in [3.8, 4) is 0 Å². The molecular weight excluding hydrogens is 308 g/mol. The summed E-state index contributed by atoms with van der Waals surface area (Å²) in [7, 11) is 0. The minimum Gasteiger partial charge on any atom is -0.444 e. The summed E-state index contributed by atoms with van der Waals surface area (Å²) in [5, 5.41) is 10.9. The highest BCUT2D eigenvalue weighted by molar-refractivity contribution is 5.68. The Hall–Kier alpha value is -0.850. The van der Waals surface area contributed by atoms with Crippen LogP contribution in [0.25, 0.3) is 0 Å². The van der Waals surface area contributed by atoms with Gasteiger partial charge in [-0.05, 0) is 53.4 Å². The van der Waals surface area contributed by atoms with Crippen LogP contribution in [-0.2, 0) is 9.47 Å². The third kappa shape index (κ3) is 5.90. The highest BCUT2D eigenvalue weighted by atomic mass is 16.6. The van der Waals surface area contributed by atoms with Crippen LogP contribution in [0.15, 0.2) is 0 Å². The summed E-state index contributed by atoms with van der Waals surface area (Å²) in [6, 6.07) is 0. The molecule has 2 saturated heterocycles. The molecule has 1 N–H and O–H groups in total. The van der Waals surface area contributed by atoms with E-state index in [4.69, 9.17) is 9.47 Å². The second kappa shape index (κ2) is 8.02. The summed E-state index contributed by atoms with van der Waals surface area (Å²) < 4.78 is 11.1. The first-order chi connectivity index (χ1) is 11.2. The van der Waals surface area contributed by atoms with Gasteiger partial charge in [-0.15, -0.1) is 0 Å². The Bertz CT molecular complexity index is 406. The lowest BCUT2D eigenvalue weighted by Crippen LogP contribution is -2.54. The Kier molecular flexibility index (Phi) is 6.51. The van der Waals surface area contributed by atoms with E-state index < -0.39 is 11.2 Å². The van der Waals surface area contributed by atoms with Crippen LogP contribution in [-0.4, -0.2) is 77.6 Å². The van der Waals surface area contributed by atoms with E-state index in [9.17, 15) is 9.90 Å². The highest BCUT2D eigenvalue weighted by Gasteiger charge is 2.37. The van der Waals surface area contributed by atoms with Crippen molar-refractivity contribution in [2.24, 2.45) is 0 Å². The molecule has 0 spiro atoms. The number of rotatable bonds is 4. The second-order valence-electron chi connectivity index (χ2n) is 8.12. The molecule has 0 bridgehead atoms. The Balaban J connectivity index is 1.75. The van der Waals surface area contributed by atoms with Crippen molar-refractivity contribution < 1.29 is 19.4 Å². The van der Waals surface area contributed by atoms with Gasteiger partial charge < -0.3 is 24.4 Å². The number of carbonyl (C=O) groups is 1. The predicted octanol–water partition coefficient (Wildman–Crippen LogP) is 2.25. The minimum atomic E-state index is -0.697. The average molecular weight is 342 g/mol. The van der Waals surface area contributed by atoms with Crippen LogP contribution in [0, 0.1) is 0 Å². The van der Waals surface area contributed by atoms with Crippen molar-refractivity contribution in [2.75, 3.05) is 39.3 Å². The Labute approximate surface area is 146 Å². The van der Waals surface area contributed by atoms with Crippen LogP contribution in [0.3, 0.4) is 0 Å². The van der Waals surface area contributed by atoms with Crippen LogP contribution in [0.4, 0.5) is 4.79 Å². The fourth-order valence-electron chi connectivity index (χ4n) is 3.48. The number of amides is 1. The number of aliphatic hydroxyl groups is 1. The van der Waals surface area contributed by atoms with Gasteiger partial charge in [-0.2, -0.15) is 0 Å². The fourth-order valence-corrected chi connectivity index (χ4v) is 3.48. The third-order valence-electron chi connectivity index (χ3n) is 4.80. The lowest BCUT2D eigenvalue weighted by molar-refractivity contribution is -0.0623. The van der Waals surface area contributed by atoms with Crippen molar-refractivity contribution in [3.63, 3.8) is 0 Å². The quantitative estimate of drug-likeness (QED) is 0.849. The number of piperidine rings is 2. The van der Waals surface area contributed by atoms with Gasteiger partial charge in [0.15, 0.2) is 0 Å². The maximum absolute atomic E-state index is 12.1. The van der Waals surface area contributed by atoms with E-state index in [1.807, 2.05) is 27.7 Å². The molecule has 0 unspecified atom stereocenters. The van der Waals surface area contributed by atoms with Crippen molar-refractivity contribution in [3.05, 3.63) is 0 Å². The van der Waals surface area contributed by atoms with Gasteiger partial charge >= 0.3 is 6.09 Å². The van der Waals surface area contributed by atoms with Gasteiger partial charge in [-0.3, -0.25) is 0 Å². The Morgan fingerprint density at radius 2 is 1.75 bits per heavy atom. The molecule has 0 saturated carbocycles. The van der Waals surface area contributed by atoms with Gasteiger partial charge in [0.25, 0.3) is 0 Å². The van der Waals surface area contributed by atoms with E-state index in [2.05, 4.69) is 4.90 Å². The van der Waals surface area contributed by atoms with Crippen molar-refractivity contribution in [1.82, 2.24) is 9.80 Å². The number of carbonyl (C=O) groups excluding carboxylic acids is 1. The van der Waals surface area contributed by atoms with Crippen molar-refractivity contribution in [1.29, 1.82) is 0 Å². The maximum Gasteiger partial charge on any atom is 0.410 e. The third-order valence-corrected chi connectivity index (χ3v) is 4.80. The van der Waals surface area contributed by atoms with Gasteiger partial charge in [-0.1, -0.05) is 0 Å². The molecule has 0 aromatic carbocycles. The predicted molar refractivity (Wildman–Crippen MR) is 93.1 cm³/mol. The van der Waals surface area contributed by atoms with Gasteiger partial charge in [0.05, 0.1) is 11.7 Å². The number of β-amino-alcohol motifs (C(OH)–C–C–N with tert-alkyl or cyclic N) is 1. The summed E-state index contributed by atoms with van der Waals surface area (Å²) in [5.74, 6) is 0. The second-order valence-corrected chi connectivity index (χ2v) is 8.12. The van der Waals surface area contributed by atoms with E-state index in [-0.39, 0.29) is 6.09 Å². The van der Waals surface area contributed by atoms with Gasteiger partial charge in [0, 0.05) is 39.3 Å². The van der Waals surface area contributed by atoms with Crippen molar-refractivity contribution >= 4 is 6.09 Å². The van der Waals surface area contributed by atoms with E-state index in [1.54, 1.807) is 4.90 Å². The average Bonchev–Trinajstić information content (AvgIpc) is 2.48. The summed E-state index contributed by atoms with van der Waals surface area (Å²) >= 11 is 0. The summed E-state index contributed by atoms with van der Waals surface area (Å²) in [4.78, 5) is 16.2. The molecular formula is C18H34N2O4. The van der Waals surface area contributed by atoms with E-state index >= 15 is 0 Å². The zero-order chi connectivity index (χ0) is 17.8. The number of likely N-dealkylation sites (tertiary alicyclic amines) is 2. The van der Waals surface area contributed by atoms with Gasteiger partial charge in [0.2, 0.25) is 0 Å². The lowest BCUT2D eigenvalue weighted by atomic mass is 9.90. The molecule has 2 aliphatic rings. The number of hydrogen-bond donors (Lipinski definition) is 1. The molecule has 0 aromatic heterocycles. The molecule has 24 heavy (non-hydrogen) atoms. The standard InChI is InChI=1S/C18H34N2O4/c1-5-23-15-6-10-19(11-7-15)14-18(22)8-12-20(13-9-18)16(21)24-17(2,3)4/h15,22H,5-14H2,1-4H3. The number of ether oxygens (including phenoxy) is 2. The molecule has 6 nitrogen and oxygen atoms in total. The normalized spacial score (nSPS) is 23.3. The molecule has 2 heterocycles. The molecule has 140 valence electrons. The van der Waals surface area contributed by atoms with E-state index in [1.165, 1.54) is 0 Å². The Morgan fingerprint density at radius 3 is 2.25 bits per heavy atom. The molecule has 6 heteroatoms. The SMILES string of the molecule is CCOC1CCN(CC2(O)CCN(C(=O)OC(C)(C)C)CC2)CC1. The van der Waals surface area contributed by atoms with Crippen LogP contribution in [0.1, 0.15) is 53.4 Å². The van der Waals surface area contributed by atoms with Crippen LogP contribution < -0.4 is 0 Å². The molecule has 0 atom stereocenters. The number of nitrogens with zero attached hydrogens (tertiary/aromatic N) is 2. The molecule has 0 radical (unpaired) electrons. The monoisotopic (exact) mass is 342 g/mol. The van der Waals surface area contributed by atoms with Crippen LogP contribution >= 0.6 is 0 Å². The summed E-state index contributed by atoms with van der Waals surface area (Å²) in [6.45, 7) is 12.2. The van der Waals surface area contributed by atoms with Crippen LogP contribution in [0.5, 0.6) is 0 Å². The van der Waals surface area contributed by atoms with E-state index in [0.717, 1.165) is 32.5 Å². The first kappa shape index (κ1) is 19.5. The maximum atomic E-state index is 12.1. The molecule has 2 aliphatic heterocycles. The highest BCUT2D eigenvalue weighted by Crippen LogP contribution is 2.26. The molecule has 2 fully saturated rings. The molecule has 1 amide bonds. The van der Waals surface area contributed by atoms with Crippen molar-refractivity contribution in [2.45, 2.75) is 70.7 Å². The van der Waals surface area contributed by atoms with Crippen LogP contribution in [0.2, 0.25) is 0 Å². The Morgan fingerprint density at radius 1 is 1.17 bits per heavy atom. The zero-order valence-corrected chi connectivity index (χ0v) is 15.7. The van der Waals surface area contributed by atoms with E-state index in [0.29, 0.717) is 38.6 Å². The fraction of sp³-hybridized carbons (Fsp3) is 0.944. The van der Waals surface area contributed by atoms with Gasteiger partial charge in [-0.25, -0.2) is 4.79 Å². The zero-order valence-electron chi connectivity index (χ0n) is 15.7. The number of hydrogen-bond acceptors (Lipinski definition) is 5. The lowest BCUT2D eigenvalue weighted by Gasteiger charge is -2.42. The molecule has 0 aliphatic carbocycles. The first-order valence-corrected chi connectivity index (χ1v) is 9.25. The van der Waals surface area contributed by atoms with Gasteiger partial charge in [0.1, 0.15) is 5.60 Å². The first-order valence-electron chi connectivity index (χ1n) is 9.25. The summed E-state index contributed by atoms with van der Waals surface area (Å²) in [6.07, 6.45) is 3.38. The molecule has 2 rings (SSSR count). The smallest absolute Gasteiger partial charge is 0.410 e.